The summed E-state index contributed by atoms with van der Waals surface area (Å²) in [5.74, 6) is 4.36. The molecule has 0 saturated carbocycles. The molecule has 0 spiro atoms. The predicted molar refractivity (Wildman–Crippen MR) is 232 cm³/mol. The molecule has 10 rings (SSSR count). The van der Waals surface area contributed by atoms with E-state index < -0.39 is 0 Å². The Labute approximate surface area is 358 Å². The van der Waals surface area contributed by atoms with Gasteiger partial charge in [-0.05, 0) is 135 Å². The SMILES string of the molecule is COC1=CC2=C3CC1Oc1c(OC)c(OC)cc4c1[C@@H](Cc1ccc(OCCCCCN5C(=O)c6ccccc6C5=O)c(c1)Oc1ccc(cc1)C[C@@H]3N(C)CC2)N(C)CC4. The molecule has 318 valence electrons. The van der Waals surface area contributed by atoms with Crippen LogP contribution in [-0.2, 0) is 24.0 Å². The first-order valence-corrected chi connectivity index (χ1v) is 21.5. The molecule has 0 saturated heterocycles. The number of likely N-dealkylation sites (N-methyl/N-ethyl adjacent to an activating group) is 2. The quantitative estimate of drug-likeness (QED) is 0.115. The standard InChI is InChI=1S/C50H55N3O8/c1-51-22-19-33-28-42(56-3)44-30-38(33)39(51)25-31-13-16-35(17-14-31)60-43-27-32(26-40-46-34(20-23-52(40)2)29-45(57-4)47(58-5)48(46)61-44)15-18-41(43)59-24-10-6-9-21-53-49(54)36-11-7-8-12-37(36)50(53)55/h7-8,11-18,27-29,39-40,44H,6,9-10,19-26,30H2,1-5H3/t39-,40+,44?/m0/s1. The molecule has 61 heavy (non-hydrogen) atoms. The minimum atomic E-state index is -0.351. The van der Waals surface area contributed by atoms with Gasteiger partial charge in [-0.15, -0.1) is 0 Å². The maximum atomic E-state index is 12.8. The van der Waals surface area contributed by atoms with Crippen molar-refractivity contribution in [2.75, 3.05) is 61.7 Å². The highest BCUT2D eigenvalue weighted by Gasteiger charge is 2.39. The molecule has 6 bridgehead atoms. The number of allylic oxidation sites excluding steroid dienone is 1. The van der Waals surface area contributed by atoms with Gasteiger partial charge < -0.3 is 28.4 Å². The summed E-state index contributed by atoms with van der Waals surface area (Å²) in [4.78, 5) is 31.9. The first kappa shape index (κ1) is 40.6. The van der Waals surface area contributed by atoms with Gasteiger partial charge in [-0.1, -0.05) is 30.3 Å². The van der Waals surface area contributed by atoms with Crippen molar-refractivity contribution in [3.8, 4) is 34.5 Å². The molecule has 11 nitrogen and oxygen atoms in total. The molecule has 3 atom stereocenters. The topological polar surface area (TPSA) is 99.2 Å². The zero-order chi connectivity index (χ0) is 42.2. The second kappa shape index (κ2) is 17.3. The molecule has 4 aromatic rings. The highest BCUT2D eigenvalue weighted by atomic mass is 16.6. The van der Waals surface area contributed by atoms with Gasteiger partial charge in [0.2, 0.25) is 5.75 Å². The number of hydrogen-bond acceptors (Lipinski definition) is 10. The van der Waals surface area contributed by atoms with E-state index in [2.05, 4.69) is 72.4 Å². The van der Waals surface area contributed by atoms with Crippen LogP contribution in [0.1, 0.15) is 81.1 Å². The minimum Gasteiger partial charge on any atom is -0.497 e. The fourth-order valence-electron chi connectivity index (χ4n) is 9.77. The monoisotopic (exact) mass is 825 g/mol. The van der Waals surface area contributed by atoms with Crippen molar-refractivity contribution in [3.05, 3.63) is 129 Å². The van der Waals surface area contributed by atoms with Gasteiger partial charge in [0, 0.05) is 43.7 Å². The van der Waals surface area contributed by atoms with Crippen molar-refractivity contribution < 1.29 is 38.0 Å². The highest BCUT2D eigenvalue weighted by molar-refractivity contribution is 6.21. The van der Waals surface area contributed by atoms with Crippen LogP contribution in [0.4, 0.5) is 0 Å². The van der Waals surface area contributed by atoms with Gasteiger partial charge in [-0.25, -0.2) is 0 Å². The van der Waals surface area contributed by atoms with E-state index in [1.165, 1.54) is 27.2 Å². The number of hydrogen-bond donors (Lipinski definition) is 0. The zero-order valence-corrected chi connectivity index (χ0v) is 35.8. The van der Waals surface area contributed by atoms with Crippen LogP contribution in [0.25, 0.3) is 0 Å². The van der Waals surface area contributed by atoms with Gasteiger partial charge in [-0.2, -0.15) is 0 Å². The molecule has 0 N–H and O–H groups in total. The van der Waals surface area contributed by atoms with Crippen molar-refractivity contribution >= 4 is 11.8 Å². The van der Waals surface area contributed by atoms with Crippen LogP contribution in [0.2, 0.25) is 0 Å². The third kappa shape index (κ3) is 7.85. The number of unbranched alkanes of at least 4 members (excludes halogenated alkanes) is 2. The number of carbonyl (C=O) groups is 2. The summed E-state index contributed by atoms with van der Waals surface area (Å²) >= 11 is 0. The highest BCUT2D eigenvalue weighted by Crippen LogP contribution is 2.50. The second-order valence-electron chi connectivity index (χ2n) is 16.8. The number of carbonyl (C=O) groups excluding carboxylic acids is 2. The molecule has 11 heteroatoms. The summed E-state index contributed by atoms with van der Waals surface area (Å²) in [6.45, 7) is 2.67. The number of methoxy groups -OCH3 is 3. The van der Waals surface area contributed by atoms with Crippen LogP contribution in [0.3, 0.4) is 0 Å². The van der Waals surface area contributed by atoms with E-state index in [9.17, 15) is 9.59 Å². The molecule has 0 radical (unpaired) electrons. The van der Waals surface area contributed by atoms with Crippen molar-refractivity contribution in [2.45, 2.75) is 69.6 Å². The lowest BCUT2D eigenvalue weighted by atomic mass is 9.82. The van der Waals surface area contributed by atoms with Gasteiger partial charge in [0.05, 0.1) is 39.1 Å². The maximum absolute atomic E-state index is 12.8. The summed E-state index contributed by atoms with van der Waals surface area (Å²) in [6.07, 6.45) is 8.15. The summed E-state index contributed by atoms with van der Waals surface area (Å²) in [5.41, 5.74) is 8.26. The summed E-state index contributed by atoms with van der Waals surface area (Å²) in [5, 5.41) is 0. The van der Waals surface area contributed by atoms with Gasteiger partial charge in [0.1, 0.15) is 11.5 Å². The van der Waals surface area contributed by atoms with Gasteiger partial charge >= 0.3 is 0 Å². The van der Waals surface area contributed by atoms with E-state index in [1.54, 1.807) is 45.6 Å². The third-order valence-corrected chi connectivity index (χ3v) is 13.1. The number of amides is 2. The molecular weight excluding hydrogens is 771 g/mol. The van der Waals surface area contributed by atoms with E-state index in [-0.39, 0.29) is 30.0 Å². The molecule has 6 aliphatic rings. The number of imide groups is 1. The summed E-state index contributed by atoms with van der Waals surface area (Å²) in [6, 6.07) is 24.0. The summed E-state index contributed by atoms with van der Waals surface area (Å²) < 4.78 is 38.5. The molecule has 1 unspecified atom stereocenters. The smallest absolute Gasteiger partial charge is 0.261 e. The van der Waals surface area contributed by atoms with Gasteiger partial charge in [-0.3, -0.25) is 24.3 Å². The second-order valence-corrected chi connectivity index (χ2v) is 16.8. The number of benzene rings is 4. The van der Waals surface area contributed by atoms with Gasteiger partial charge in [0.25, 0.3) is 11.8 Å². The molecule has 2 amide bonds. The van der Waals surface area contributed by atoms with E-state index >= 15 is 0 Å². The normalized spacial score (nSPS) is 21.1. The Hall–Kier alpha value is -5.78. The Bertz CT molecular complexity index is 2350. The summed E-state index contributed by atoms with van der Waals surface area (Å²) in [7, 11) is 9.49. The molecule has 4 aromatic carbocycles. The average Bonchev–Trinajstić information content (AvgIpc) is 3.52. The molecule has 0 aromatic heterocycles. The number of fused-ring (bicyclic) bond motifs is 3. The van der Waals surface area contributed by atoms with Crippen LogP contribution in [-0.4, -0.2) is 100 Å². The lowest BCUT2D eigenvalue weighted by Gasteiger charge is -2.41. The number of ether oxygens (including phenoxy) is 6. The van der Waals surface area contributed by atoms with Crippen LogP contribution < -0.4 is 23.7 Å². The van der Waals surface area contributed by atoms with Crippen molar-refractivity contribution in [1.29, 1.82) is 0 Å². The maximum Gasteiger partial charge on any atom is 0.261 e. The van der Waals surface area contributed by atoms with Crippen LogP contribution in [0.15, 0.2) is 95.8 Å². The first-order chi connectivity index (χ1) is 29.7. The fraction of sp³-hybridized carbons (Fsp3) is 0.400. The Kier molecular flexibility index (Phi) is 11.5. The molecule has 5 aliphatic heterocycles. The number of nitrogens with zero attached hydrogens (tertiary/aromatic N) is 3. The van der Waals surface area contributed by atoms with E-state index in [4.69, 9.17) is 28.4 Å². The Balaban J connectivity index is 1.02. The van der Waals surface area contributed by atoms with E-state index in [1.807, 2.05) is 6.07 Å². The Morgan fingerprint density at radius 3 is 2.18 bits per heavy atom. The zero-order valence-electron chi connectivity index (χ0n) is 35.8. The van der Waals surface area contributed by atoms with Crippen molar-refractivity contribution in [3.63, 3.8) is 0 Å². The first-order valence-electron chi connectivity index (χ1n) is 21.5. The largest absolute Gasteiger partial charge is 0.497 e. The van der Waals surface area contributed by atoms with E-state index in [0.717, 1.165) is 67.8 Å². The van der Waals surface area contributed by atoms with Crippen LogP contribution >= 0.6 is 0 Å². The number of rotatable bonds is 10. The Morgan fingerprint density at radius 2 is 1.44 bits per heavy atom. The molecule has 0 fully saturated rings. The lowest BCUT2D eigenvalue weighted by molar-refractivity contribution is 0.0651. The lowest BCUT2D eigenvalue weighted by Crippen LogP contribution is -2.43. The average molecular weight is 826 g/mol. The van der Waals surface area contributed by atoms with E-state index in [0.29, 0.717) is 72.3 Å². The molecular formula is C50H55N3O8. The van der Waals surface area contributed by atoms with Crippen LogP contribution in [0.5, 0.6) is 34.5 Å². The minimum absolute atomic E-state index is 0.0413. The Morgan fingerprint density at radius 1 is 0.721 bits per heavy atom. The van der Waals surface area contributed by atoms with Crippen molar-refractivity contribution in [1.82, 2.24) is 14.7 Å². The van der Waals surface area contributed by atoms with Gasteiger partial charge in [0.15, 0.2) is 29.1 Å². The van der Waals surface area contributed by atoms with Crippen LogP contribution in [0, 0.1) is 0 Å². The fourth-order valence-corrected chi connectivity index (χ4v) is 9.77. The third-order valence-electron chi connectivity index (χ3n) is 13.1. The molecule has 1 aliphatic carbocycles. The van der Waals surface area contributed by atoms with Crippen molar-refractivity contribution in [2.24, 2.45) is 0 Å². The molecule has 5 heterocycles. The predicted octanol–water partition coefficient (Wildman–Crippen LogP) is 8.35.